The molecule has 1 saturated heterocycles. The summed E-state index contributed by atoms with van der Waals surface area (Å²) in [7, 11) is 0. The van der Waals surface area contributed by atoms with Gasteiger partial charge < -0.3 is 15.3 Å². The van der Waals surface area contributed by atoms with Crippen molar-refractivity contribution in [2.45, 2.75) is 18.6 Å². The van der Waals surface area contributed by atoms with Gasteiger partial charge in [0.15, 0.2) is 11.0 Å². The number of hydrogen-bond acceptors (Lipinski definition) is 5. The van der Waals surface area contributed by atoms with Crippen LogP contribution in [0.25, 0.3) is 0 Å². The quantitative estimate of drug-likeness (QED) is 0.675. The predicted molar refractivity (Wildman–Crippen MR) is 57.3 cm³/mol. The van der Waals surface area contributed by atoms with Crippen LogP contribution < -0.4 is 10.2 Å². The Morgan fingerprint density at radius 1 is 1.53 bits per heavy atom. The van der Waals surface area contributed by atoms with Gasteiger partial charge in [-0.1, -0.05) is 11.6 Å². The maximum atomic E-state index is 9.62. The first-order valence-electron chi connectivity index (χ1n) is 4.96. The summed E-state index contributed by atoms with van der Waals surface area (Å²) in [5, 5.41) is 21.0. The average Bonchev–Trinajstić information content (AvgIpc) is 2.58. The fraction of sp³-hybridized carbons (Fsp3) is 0.556. The maximum Gasteiger partial charge on any atom is 0.172 e. The van der Waals surface area contributed by atoms with Crippen molar-refractivity contribution in [2.75, 3.05) is 23.3 Å². The monoisotopic (exact) mass is 226 g/mol. The van der Waals surface area contributed by atoms with Crippen molar-refractivity contribution < 1.29 is 5.11 Å². The second-order valence-corrected chi connectivity index (χ2v) is 4.36. The molecular formula is C9H11ClN4O. The van der Waals surface area contributed by atoms with Gasteiger partial charge in [-0.25, -0.2) is 0 Å². The highest BCUT2D eigenvalue weighted by Crippen LogP contribution is 2.35. The Labute approximate surface area is 92.1 Å². The highest BCUT2D eigenvalue weighted by Gasteiger charge is 2.35. The van der Waals surface area contributed by atoms with Crippen LogP contribution in [0.4, 0.5) is 11.5 Å². The van der Waals surface area contributed by atoms with E-state index in [1.807, 2.05) is 0 Å². The number of aliphatic hydroxyl groups is 1. The summed E-state index contributed by atoms with van der Waals surface area (Å²) in [4.78, 5) is 2.15. The molecule has 3 heterocycles. The van der Waals surface area contributed by atoms with Gasteiger partial charge in [0, 0.05) is 25.2 Å². The van der Waals surface area contributed by atoms with Crippen LogP contribution in [0.15, 0.2) is 6.07 Å². The molecule has 15 heavy (non-hydrogen) atoms. The van der Waals surface area contributed by atoms with E-state index < -0.39 is 0 Å². The summed E-state index contributed by atoms with van der Waals surface area (Å²) in [5.41, 5.74) is 0.947. The topological polar surface area (TPSA) is 61.3 Å². The molecule has 0 radical (unpaired) electrons. The predicted octanol–water partition coefficient (Wildman–Crippen LogP) is 0.495. The molecule has 5 nitrogen and oxygen atoms in total. The van der Waals surface area contributed by atoms with E-state index in [9.17, 15) is 5.11 Å². The fourth-order valence-corrected chi connectivity index (χ4v) is 2.44. The number of rotatable bonds is 0. The van der Waals surface area contributed by atoms with Gasteiger partial charge in [0.25, 0.3) is 0 Å². The zero-order valence-electron chi connectivity index (χ0n) is 8.02. The number of nitrogens with zero attached hydrogens (tertiary/aromatic N) is 3. The Bertz CT molecular complexity index is 400. The standard InChI is InChI=1S/C9H11ClN4O/c10-8-2-7-9(13-12-8)11-3-5-1-6(15)4-14(5)7/h2,5-6,15H,1,3-4H2,(H,11,13)/t5?,6-/m1/s1. The second kappa shape index (κ2) is 3.21. The summed E-state index contributed by atoms with van der Waals surface area (Å²) < 4.78 is 0. The minimum atomic E-state index is -0.255. The lowest BCUT2D eigenvalue weighted by Gasteiger charge is -2.32. The lowest BCUT2D eigenvalue weighted by Crippen LogP contribution is -2.39. The lowest BCUT2D eigenvalue weighted by atomic mass is 10.1. The van der Waals surface area contributed by atoms with Crippen LogP contribution in [0.2, 0.25) is 5.15 Å². The first-order chi connectivity index (χ1) is 7.24. The van der Waals surface area contributed by atoms with E-state index in [-0.39, 0.29) is 6.10 Å². The molecule has 80 valence electrons. The van der Waals surface area contributed by atoms with Crippen LogP contribution in [0.5, 0.6) is 0 Å². The van der Waals surface area contributed by atoms with Crippen molar-refractivity contribution in [3.8, 4) is 0 Å². The molecule has 2 atom stereocenters. The van der Waals surface area contributed by atoms with E-state index in [1.165, 1.54) is 0 Å². The van der Waals surface area contributed by atoms with Crippen LogP contribution >= 0.6 is 11.6 Å². The van der Waals surface area contributed by atoms with E-state index in [0.29, 0.717) is 17.7 Å². The Morgan fingerprint density at radius 3 is 3.27 bits per heavy atom. The fourth-order valence-electron chi connectivity index (χ4n) is 2.30. The number of hydrogen-bond donors (Lipinski definition) is 2. The summed E-state index contributed by atoms with van der Waals surface area (Å²) in [6.07, 6.45) is 0.543. The summed E-state index contributed by atoms with van der Waals surface area (Å²) >= 11 is 5.81. The molecule has 0 saturated carbocycles. The lowest BCUT2D eigenvalue weighted by molar-refractivity contribution is 0.195. The van der Waals surface area contributed by atoms with Crippen LogP contribution in [-0.4, -0.2) is 40.5 Å². The number of fused-ring (bicyclic) bond motifs is 3. The molecule has 0 aromatic carbocycles. The molecule has 0 amide bonds. The zero-order chi connectivity index (χ0) is 10.4. The molecule has 0 spiro atoms. The molecule has 1 aromatic rings. The minimum Gasteiger partial charge on any atom is -0.391 e. The first kappa shape index (κ1) is 9.18. The maximum absolute atomic E-state index is 9.62. The Kier molecular flexibility index (Phi) is 1.97. The SMILES string of the molecule is O[C@@H]1CC2CNc3nnc(Cl)cc3N2C1. The summed E-state index contributed by atoms with van der Waals surface area (Å²) in [5.74, 6) is 0.754. The van der Waals surface area contributed by atoms with Gasteiger partial charge in [0.05, 0.1) is 11.8 Å². The van der Waals surface area contributed by atoms with Gasteiger partial charge >= 0.3 is 0 Å². The van der Waals surface area contributed by atoms with Crippen molar-refractivity contribution in [1.82, 2.24) is 10.2 Å². The first-order valence-corrected chi connectivity index (χ1v) is 5.33. The molecule has 2 aliphatic rings. The van der Waals surface area contributed by atoms with Gasteiger partial charge in [0.2, 0.25) is 0 Å². The smallest absolute Gasteiger partial charge is 0.172 e. The molecule has 1 fully saturated rings. The van der Waals surface area contributed by atoms with Crippen molar-refractivity contribution in [2.24, 2.45) is 0 Å². The van der Waals surface area contributed by atoms with Crippen LogP contribution in [0, 0.1) is 0 Å². The summed E-state index contributed by atoms with van der Waals surface area (Å²) in [6.45, 7) is 1.46. The van der Waals surface area contributed by atoms with Crippen molar-refractivity contribution in [3.63, 3.8) is 0 Å². The normalized spacial score (nSPS) is 28.3. The molecule has 0 aliphatic carbocycles. The van der Waals surface area contributed by atoms with Gasteiger partial charge in [-0.15, -0.1) is 10.2 Å². The van der Waals surface area contributed by atoms with Gasteiger partial charge in [-0.05, 0) is 6.42 Å². The van der Waals surface area contributed by atoms with E-state index in [2.05, 4.69) is 20.4 Å². The molecule has 2 aliphatic heterocycles. The molecule has 2 N–H and O–H groups in total. The molecular weight excluding hydrogens is 216 g/mol. The van der Waals surface area contributed by atoms with Crippen molar-refractivity contribution in [1.29, 1.82) is 0 Å². The third-order valence-corrected chi connectivity index (χ3v) is 3.14. The zero-order valence-corrected chi connectivity index (χ0v) is 8.78. The van der Waals surface area contributed by atoms with Gasteiger partial charge in [-0.3, -0.25) is 0 Å². The van der Waals surface area contributed by atoms with E-state index in [1.54, 1.807) is 6.07 Å². The highest BCUT2D eigenvalue weighted by atomic mass is 35.5. The third kappa shape index (κ3) is 1.42. The Balaban J connectivity index is 2.03. The molecule has 3 rings (SSSR count). The van der Waals surface area contributed by atoms with Crippen LogP contribution in [-0.2, 0) is 0 Å². The van der Waals surface area contributed by atoms with E-state index in [0.717, 1.165) is 24.5 Å². The van der Waals surface area contributed by atoms with Gasteiger partial charge in [-0.2, -0.15) is 0 Å². The highest BCUT2D eigenvalue weighted by molar-refractivity contribution is 6.29. The minimum absolute atomic E-state index is 0.255. The second-order valence-electron chi connectivity index (χ2n) is 3.98. The number of halogens is 1. The van der Waals surface area contributed by atoms with Gasteiger partial charge in [0.1, 0.15) is 0 Å². The third-order valence-electron chi connectivity index (χ3n) is 2.95. The number of aliphatic hydroxyl groups excluding tert-OH is 1. The number of nitrogens with one attached hydrogen (secondary N) is 1. The number of anilines is 2. The molecule has 0 bridgehead atoms. The summed E-state index contributed by atoms with van der Waals surface area (Å²) in [6, 6.07) is 2.13. The molecule has 6 heteroatoms. The Morgan fingerprint density at radius 2 is 2.40 bits per heavy atom. The average molecular weight is 227 g/mol. The van der Waals surface area contributed by atoms with Crippen molar-refractivity contribution >= 4 is 23.1 Å². The van der Waals surface area contributed by atoms with E-state index >= 15 is 0 Å². The Hall–Kier alpha value is -1.07. The number of aromatic nitrogens is 2. The van der Waals surface area contributed by atoms with E-state index in [4.69, 9.17) is 11.6 Å². The molecule has 1 unspecified atom stereocenters. The largest absolute Gasteiger partial charge is 0.391 e. The molecule has 1 aromatic heterocycles. The van der Waals surface area contributed by atoms with Crippen LogP contribution in [0.1, 0.15) is 6.42 Å². The van der Waals surface area contributed by atoms with Crippen molar-refractivity contribution in [3.05, 3.63) is 11.2 Å². The van der Waals surface area contributed by atoms with Crippen LogP contribution in [0.3, 0.4) is 0 Å².